The molecule has 0 saturated carbocycles. The number of hydrogen-bond acceptors (Lipinski definition) is 4. The Bertz CT molecular complexity index is 585. The average Bonchev–Trinajstić information content (AvgIpc) is 2.72. The van der Waals surface area contributed by atoms with Crippen LogP contribution >= 0.6 is 0 Å². The number of aliphatic hydroxyl groups excluding tert-OH is 1. The summed E-state index contributed by atoms with van der Waals surface area (Å²) in [6.07, 6.45) is 5.72. The topological polar surface area (TPSA) is 56.8 Å². The summed E-state index contributed by atoms with van der Waals surface area (Å²) >= 11 is 0. The minimum Gasteiger partial charge on any atom is -1.00 e. The van der Waals surface area contributed by atoms with Crippen LogP contribution in [-0.2, 0) is 6.54 Å². The molecule has 1 saturated heterocycles. The zero-order valence-corrected chi connectivity index (χ0v) is 20.4. The molecule has 3 N–H and O–H groups in total. The Hall–Kier alpha value is -0.920. The van der Waals surface area contributed by atoms with Crippen molar-refractivity contribution in [3.8, 4) is 17.2 Å². The lowest BCUT2D eigenvalue weighted by Gasteiger charge is -2.31. The summed E-state index contributed by atoms with van der Waals surface area (Å²) in [6, 6.07) is 4.03. The van der Waals surface area contributed by atoms with Gasteiger partial charge in [-0.05, 0) is 18.6 Å². The van der Waals surface area contributed by atoms with Crippen LogP contribution in [0.2, 0.25) is 0 Å². The molecular formula is C22H40Cl2N2O4. The van der Waals surface area contributed by atoms with Crippen molar-refractivity contribution in [2.45, 2.75) is 51.7 Å². The van der Waals surface area contributed by atoms with Crippen LogP contribution in [-0.4, -0.2) is 65.3 Å². The molecular weight excluding hydrogens is 427 g/mol. The molecule has 0 aliphatic carbocycles. The van der Waals surface area contributed by atoms with E-state index in [-0.39, 0.29) is 30.9 Å². The number of aliphatic hydroxyl groups is 1. The third kappa shape index (κ3) is 8.67. The third-order valence-electron chi connectivity index (χ3n) is 5.81. The molecule has 1 atom stereocenters. The van der Waals surface area contributed by atoms with Gasteiger partial charge in [0.2, 0.25) is 5.75 Å². The van der Waals surface area contributed by atoms with Gasteiger partial charge in [0, 0.05) is 0 Å². The molecule has 1 unspecified atom stereocenters. The van der Waals surface area contributed by atoms with E-state index >= 15 is 0 Å². The van der Waals surface area contributed by atoms with Gasteiger partial charge in [0.1, 0.15) is 45.4 Å². The second-order valence-electron chi connectivity index (χ2n) is 7.88. The second kappa shape index (κ2) is 15.8. The summed E-state index contributed by atoms with van der Waals surface area (Å²) in [6.45, 7) is 8.45. The standard InChI is InChI=1S/C22H38N2O4.2ClH/c1-5-6-7-8-9-19(25)17-24-14-12-23(13-15-24)16-18-10-11-20(26-2)22(28-4)21(18)27-3;;/h10-11,19,25H,5-9,12-17H2,1-4H3;2*1H. The molecule has 1 heterocycles. The Morgan fingerprint density at radius 1 is 0.867 bits per heavy atom. The minimum absolute atomic E-state index is 0. The van der Waals surface area contributed by atoms with E-state index < -0.39 is 0 Å². The highest BCUT2D eigenvalue weighted by molar-refractivity contribution is 5.55. The molecule has 0 bridgehead atoms. The molecule has 0 amide bonds. The lowest BCUT2D eigenvalue weighted by Crippen LogP contribution is -3.28. The number of methoxy groups -OCH3 is 3. The van der Waals surface area contributed by atoms with Gasteiger partial charge < -0.3 is 53.9 Å². The molecule has 8 heteroatoms. The average molecular weight is 467 g/mol. The van der Waals surface area contributed by atoms with E-state index in [0.717, 1.165) is 63.4 Å². The second-order valence-corrected chi connectivity index (χ2v) is 7.88. The van der Waals surface area contributed by atoms with E-state index in [1.54, 1.807) is 26.2 Å². The monoisotopic (exact) mass is 466 g/mol. The first-order valence-electron chi connectivity index (χ1n) is 10.8. The van der Waals surface area contributed by atoms with Crippen LogP contribution in [0.1, 0.15) is 44.6 Å². The number of quaternary nitrogens is 2. The van der Waals surface area contributed by atoms with E-state index in [9.17, 15) is 5.11 Å². The lowest BCUT2D eigenvalue weighted by molar-refractivity contribution is -1.02. The zero-order valence-electron chi connectivity index (χ0n) is 18.9. The molecule has 1 aliphatic rings. The number of ether oxygens (including phenoxy) is 3. The molecule has 1 aliphatic heterocycles. The maximum Gasteiger partial charge on any atom is 0.203 e. The number of unbranched alkanes of at least 4 members (excludes halogenated alkanes) is 3. The fourth-order valence-corrected chi connectivity index (χ4v) is 4.15. The quantitative estimate of drug-likeness (QED) is 0.269. The number of nitrogens with one attached hydrogen (secondary N) is 2. The summed E-state index contributed by atoms with van der Waals surface area (Å²) in [5.74, 6) is 2.13. The molecule has 1 fully saturated rings. The van der Waals surface area contributed by atoms with Gasteiger partial charge in [-0.25, -0.2) is 0 Å². The highest BCUT2D eigenvalue weighted by atomic mass is 35.5. The summed E-state index contributed by atoms with van der Waals surface area (Å²) in [7, 11) is 4.97. The Balaban J connectivity index is 0.00000420. The van der Waals surface area contributed by atoms with Gasteiger partial charge in [0.25, 0.3) is 0 Å². The molecule has 0 aromatic heterocycles. The highest BCUT2D eigenvalue weighted by Gasteiger charge is 2.26. The normalized spacial score (nSPS) is 19.2. The molecule has 6 nitrogen and oxygen atoms in total. The first kappa shape index (κ1) is 29.1. The summed E-state index contributed by atoms with van der Waals surface area (Å²) in [5.41, 5.74) is 1.15. The van der Waals surface area contributed by atoms with Crippen LogP contribution in [0.5, 0.6) is 17.2 Å². The van der Waals surface area contributed by atoms with Crippen molar-refractivity contribution in [1.29, 1.82) is 0 Å². The predicted molar refractivity (Wildman–Crippen MR) is 111 cm³/mol. The molecule has 0 spiro atoms. The van der Waals surface area contributed by atoms with E-state index in [2.05, 4.69) is 13.0 Å². The smallest absolute Gasteiger partial charge is 0.203 e. The van der Waals surface area contributed by atoms with Crippen LogP contribution in [0.25, 0.3) is 0 Å². The SMILES string of the molecule is CCCCCCC(O)C[NH+]1CC[NH+](Cc2ccc(OC)c(OC)c2OC)CC1.[Cl-].[Cl-]. The van der Waals surface area contributed by atoms with Gasteiger partial charge >= 0.3 is 0 Å². The van der Waals surface area contributed by atoms with E-state index in [1.807, 2.05) is 6.07 Å². The van der Waals surface area contributed by atoms with E-state index in [1.165, 1.54) is 24.2 Å². The van der Waals surface area contributed by atoms with Crippen molar-refractivity contribution in [2.24, 2.45) is 0 Å². The van der Waals surface area contributed by atoms with E-state index in [0.29, 0.717) is 11.5 Å². The molecule has 1 aromatic rings. The van der Waals surface area contributed by atoms with Gasteiger partial charge in [0.05, 0.1) is 26.9 Å². The molecule has 30 heavy (non-hydrogen) atoms. The fraction of sp³-hybridized carbons (Fsp3) is 0.727. The fourth-order valence-electron chi connectivity index (χ4n) is 4.15. The Kier molecular flexibility index (Phi) is 15.3. The van der Waals surface area contributed by atoms with Crippen LogP contribution in [0.4, 0.5) is 0 Å². The predicted octanol–water partition coefficient (Wildman–Crippen LogP) is -5.66. The molecule has 2 rings (SSSR count). The lowest BCUT2D eigenvalue weighted by atomic mass is 10.1. The first-order valence-corrected chi connectivity index (χ1v) is 10.8. The van der Waals surface area contributed by atoms with Crippen molar-refractivity contribution in [3.05, 3.63) is 17.7 Å². The maximum absolute atomic E-state index is 10.3. The summed E-state index contributed by atoms with van der Waals surface area (Å²) in [4.78, 5) is 3.08. The number of benzene rings is 1. The van der Waals surface area contributed by atoms with Crippen LogP contribution in [0.15, 0.2) is 12.1 Å². The van der Waals surface area contributed by atoms with Crippen LogP contribution in [0, 0.1) is 0 Å². The Morgan fingerprint density at radius 2 is 1.50 bits per heavy atom. The molecule has 176 valence electrons. The highest BCUT2D eigenvalue weighted by Crippen LogP contribution is 2.39. The van der Waals surface area contributed by atoms with Crippen molar-refractivity contribution >= 4 is 0 Å². The molecule has 0 radical (unpaired) electrons. The van der Waals surface area contributed by atoms with Crippen molar-refractivity contribution in [2.75, 3.05) is 54.1 Å². The van der Waals surface area contributed by atoms with Crippen molar-refractivity contribution in [3.63, 3.8) is 0 Å². The summed E-state index contributed by atoms with van der Waals surface area (Å²) < 4.78 is 16.5. The van der Waals surface area contributed by atoms with Crippen molar-refractivity contribution in [1.82, 2.24) is 0 Å². The van der Waals surface area contributed by atoms with Crippen LogP contribution in [0.3, 0.4) is 0 Å². The zero-order chi connectivity index (χ0) is 20.4. The number of piperazine rings is 1. The largest absolute Gasteiger partial charge is 1.00 e. The van der Waals surface area contributed by atoms with E-state index in [4.69, 9.17) is 14.2 Å². The van der Waals surface area contributed by atoms with Crippen molar-refractivity contribution < 1.29 is 53.9 Å². The van der Waals surface area contributed by atoms with Gasteiger partial charge in [0.15, 0.2) is 11.5 Å². The summed E-state index contributed by atoms with van der Waals surface area (Å²) in [5, 5.41) is 10.3. The molecule has 1 aromatic carbocycles. The Morgan fingerprint density at radius 3 is 2.07 bits per heavy atom. The maximum atomic E-state index is 10.3. The Labute approximate surface area is 194 Å². The first-order chi connectivity index (χ1) is 13.6. The number of rotatable bonds is 12. The van der Waals surface area contributed by atoms with Gasteiger partial charge in [-0.15, -0.1) is 0 Å². The third-order valence-corrected chi connectivity index (χ3v) is 5.81. The van der Waals surface area contributed by atoms with Gasteiger partial charge in [-0.2, -0.15) is 0 Å². The number of halogens is 2. The van der Waals surface area contributed by atoms with Crippen LogP contribution < -0.4 is 48.8 Å². The number of hydrogen-bond donors (Lipinski definition) is 3. The van der Waals surface area contributed by atoms with Gasteiger partial charge in [-0.1, -0.05) is 32.6 Å². The van der Waals surface area contributed by atoms with Gasteiger partial charge in [-0.3, -0.25) is 0 Å². The minimum atomic E-state index is -0.153.